The zero-order valence-corrected chi connectivity index (χ0v) is 9.86. The van der Waals surface area contributed by atoms with Gasteiger partial charge in [-0.05, 0) is 48.0 Å². The van der Waals surface area contributed by atoms with E-state index in [2.05, 4.69) is 27.3 Å². The van der Waals surface area contributed by atoms with Crippen LogP contribution in [0, 0.1) is 5.82 Å². The van der Waals surface area contributed by atoms with Gasteiger partial charge >= 0.3 is 0 Å². The van der Waals surface area contributed by atoms with Gasteiger partial charge in [0.2, 0.25) is 0 Å². The first-order valence-corrected chi connectivity index (χ1v) is 5.21. The Balaban J connectivity index is 2.67. The maximum Gasteiger partial charge on any atom is 0.125 e. The lowest BCUT2D eigenvalue weighted by molar-refractivity contribution is 0.628. The van der Waals surface area contributed by atoms with Crippen molar-refractivity contribution in [2.45, 2.75) is 13.8 Å². The fourth-order valence-electron chi connectivity index (χ4n) is 0.998. The third kappa shape index (κ3) is 3.50. The van der Waals surface area contributed by atoms with Gasteiger partial charge in [0.15, 0.2) is 0 Å². The average Bonchev–Trinajstić information content (AvgIpc) is 2.10. The molecule has 0 aliphatic rings. The van der Waals surface area contributed by atoms with Crippen LogP contribution in [0.1, 0.15) is 13.8 Å². The van der Waals surface area contributed by atoms with Gasteiger partial charge in [-0.3, -0.25) is 0 Å². The smallest absolute Gasteiger partial charge is 0.125 e. The van der Waals surface area contributed by atoms with E-state index in [1.165, 1.54) is 17.7 Å². The maximum atomic E-state index is 12.9. The van der Waals surface area contributed by atoms with Crippen LogP contribution in [0.3, 0.4) is 0 Å². The molecule has 0 unspecified atom stereocenters. The fraction of sp³-hybridized carbons (Fsp3) is 0.273. The molecule has 0 atom stereocenters. The van der Waals surface area contributed by atoms with Crippen molar-refractivity contribution in [3.63, 3.8) is 0 Å². The number of hydrogen-bond donors (Lipinski definition) is 1. The Morgan fingerprint density at radius 3 is 2.86 bits per heavy atom. The Morgan fingerprint density at radius 2 is 2.21 bits per heavy atom. The summed E-state index contributed by atoms with van der Waals surface area (Å²) < 4.78 is 13.7. The summed E-state index contributed by atoms with van der Waals surface area (Å²) in [6.45, 7) is 4.77. The van der Waals surface area contributed by atoms with Crippen molar-refractivity contribution in [2.24, 2.45) is 0 Å². The molecular weight excluding hydrogens is 245 g/mol. The Bertz CT molecular complexity index is 343. The van der Waals surface area contributed by atoms with Crippen LogP contribution in [0.25, 0.3) is 0 Å². The van der Waals surface area contributed by atoms with Crippen LogP contribution in [0.2, 0.25) is 0 Å². The lowest BCUT2D eigenvalue weighted by Gasteiger charge is -2.06. The summed E-state index contributed by atoms with van der Waals surface area (Å²) in [6, 6.07) is 4.60. The van der Waals surface area contributed by atoms with E-state index in [-0.39, 0.29) is 5.82 Å². The summed E-state index contributed by atoms with van der Waals surface area (Å²) >= 11 is 3.35. The molecule has 1 N–H and O–H groups in total. The van der Waals surface area contributed by atoms with Crippen LogP contribution in [0.4, 0.5) is 10.1 Å². The molecular formula is C11H13BrFN. The molecule has 1 aromatic rings. The van der Waals surface area contributed by atoms with E-state index in [4.69, 9.17) is 0 Å². The lowest BCUT2D eigenvalue weighted by Crippen LogP contribution is -1.99. The van der Waals surface area contributed by atoms with Crippen molar-refractivity contribution < 1.29 is 4.39 Å². The molecule has 0 saturated carbocycles. The normalized spacial score (nSPS) is 9.71. The highest BCUT2D eigenvalue weighted by Crippen LogP contribution is 2.22. The summed E-state index contributed by atoms with van der Waals surface area (Å²) in [5.74, 6) is -0.229. The van der Waals surface area contributed by atoms with Crippen LogP contribution in [-0.2, 0) is 0 Å². The molecule has 0 heterocycles. The monoisotopic (exact) mass is 257 g/mol. The number of rotatable bonds is 3. The Hall–Kier alpha value is -0.830. The molecule has 0 fully saturated rings. The third-order valence-electron chi connectivity index (χ3n) is 1.73. The predicted molar refractivity (Wildman–Crippen MR) is 62.0 cm³/mol. The van der Waals surface area contributed by atoms with Gasteiger partial charge in [-0.1, -0.05) is 11.6 Å². The van der Waals surface area contributed by atoms with Crippen LogP contribution in [0.5, 0.6) is 0 Å². The molecule has 0 aliphatic heterocycles. The van der Waals surface area contributed by atoms with Crippen LogP contribution in [-0.4, -0.2) is 6.54 Å². The van der Waals surface area contributed by atoms with E-state index < -0.39 is 0 Å². The third-order valence-corrected chi connectivity index (χ3v) is 2.42. The molecule has 1 rings (SSSR count). The van der Waals surface area contributed by atoms with Gasteiger partial charge in [-0.2, -0.15) is 0 Å². The predicted octanol–water partition coefficient (Wildman–Crippen LogP) is 3.97. The highest BCUT2D eigenvalue weighted by atomic mass is 79.9. The zero-order chi connectivity index (χ0) is 10.6. The number of benzene rings is 1. The van der Waals surface area contributed by atoms with Gasteiger partial charge in [0.05, 0.1) is 5.69 Å². The summed E-state index contributed by atoms with van der Waals surface area (Å²) in [7, 11) is 0. The van der Waals surface area contributed by atoms with E-state index in [1.807, 2.05) is 13.8 Å². The summed E-state index contributed by atoms with van der Waals surface area (Å²) in [4.78, 5) is 0. The molecule has 0 aromatic heterocycles. The van der Waals surface area contributed by atoms with Gasteiger partial charge in [-0.25, -0.2) is 4.39 Å². The quantitative estimate of drug-likeness (QED) is 0.809. The summed E-state index contributed by atoms with van der Waals surface area (Å²) in [5.41, 5.74) is 2.02. The Kier molecular flexibility index (Phi) is 4.14. The minimum atomic E-state index is -0.229. The molecule has 76 valence electrons. The van der Waals surface area contributed by atoms with Crippen molar-refractivity contribution >= 4 is 21.6 Å². The van der Waals surface area contributed by atoms with E-state index in [9.17, 15) is 4.39 Å². The molecule has 0 saturated heterocycles. The standard InChI is InChI=1S/C11H13BrFN/c1-8(2)5-6-14-11-7-9(13)3-4-10(11)12/h3-5,7,14H,6H2,1-2H3. The van der Waals surface area contributed by atoms with Gasteiger partial charge in [0.25, 0.3) is 0 Å². The Labute approximate surface area is 92.1 Å². The van der Waals surface area contributed by atoms with E-state index in [0.29, 0.717) is 6.54 Å². The van der Waals surface area contributed by atoms with E-state index in [0.717, 1.165) is 10.2 Å². The highest BCUT2D eigenvalue weighted by Gasteiger charge is 1.99. The first-order chi connectivity index (χ1) is 6.59. The molecule has 0 amide bonds. The maximum absolute atomic E-state index is 12.9. The number of nitrogens with one attached hydrogen (secondary N) is 1. The van der Waals surface area contributed by atoms with Crippen LogP contribution < -0.4 is 5.32 Å². The fourth-order valence-corrected chi connectivity index (χ4v) is 1.38. The average molecular weight is 258 g/mol. The molecule has 0 bridgehead atoms. The Morgan fingerprint density at radius 1 is 1.50 bits per heavy atom. The molecule has 1 nitrogen and oxygen atoms in total. The molecule has 1 aromatic carbocycles. The largest absolute Gasteiger partial charge is 0.381 e. The second-order valence-electron chi connectivity index (χ2n) is 3.29. The first kappa shape index (κ1) is 11.2. The number of allylic oxidation sites excluding steroid dienone is 1. The zero-order valence-electron chi connectivity index (χ0n) is 8.27. The molecule has 0 spiro atoms. The minimum Gasteiger partial charge on any atom is -0.381 e. The molecule has 3 heteroatoms. The van der Waals surface area contributed by atoms with E-state index in [1.54, 1.807) is 6.07 Å². The van der Waals surface area contributed by atoms with Gasteiger partial charge in [-0.15, -0.1) is 0 Å². The van der Waals surface area contributed by atoms with Gasteiger partial charge in [0, 0.05) is 11.0 Å². The molecule has 0 aliphatic carbocycles. The van der Waals surface area contributed by atoms with Crippen LogP contribution >= 0.6 is 15.9 Å². The van der Waals surface area contributed by atoms with Crippen molar-refractivity contribution in [3.05, 3.63) is 40.1 Å². The highest BCUT2D eigenvalue weighted by molar-refractivity contribution is 9.10. The van der Waals surface area contributed by atoms with Crippen molar-refractivity contribution in [3.8, 4) is 0 Å². The second-order valence-corrected chi connectivity index (χ2v) is 4.14. The number of anilines is 1. The number of halogens is 2. The summed E-state index contributed by atoms with van der Waals surface area (Å²) in [5, 5.41) is 3.12. The van der Waals surface area contributed by atoms with Crippen molar-refractivity contribution in [1.82, 2.24) is 0 Å². The topological polar surface area (TPSA) is 12.0 Å². The van der Waals surface area contributed by atoms with Gasteiger partial charge in [0.1, 0.15) is 5.82 Å². The first-order valence-electron chi connectivity index (χ1n) is 4.42. The van der Waals surface area contributed by atoms with Crippen molar-refractivity contribution in [1.29, 1.82) is 0 Å². The summed E-state index contributed by atoms with van der Waals surface area (Å²) in [6.07, 6.45) is 2.05. The number of hydrogen-bond acceptors (Lipinski definition) is 1. The van der Waals surface area contributed by atoms with Crippen LogP contribution in [0.15, 0.2) is 34.3 Å². The van der Waals surface area contributed by atoms with Gasteiger partial charge < -0.3 is 5.32 Å². The minimum absolute atomic E-state index is 0.229. The SMILES string of the molecule is CC(C)=CCNc1cc(F)ccc1Br. The van der Waals surface area contributed by atoms with Crippen molar-refractivity contribution in [2.75, 3.05) is 11.9 Å². The molecule has 14 heavy (non-hydrogen) atoms. The second kappa shape index (κ2) is 5.15. The lowest BCUT2D eigenvalue weighted by atomic mass is 10.3. The van der Waals surface area contributed by atoms with E-state index >= 15 is 0 Å². The molecule has 0 radical (unpaired) electrons.